The van der Waals surface area contributed by atoms with Gasteiger partial charge in [-0.05, 0) is 66.3 Å². The molecule has 0 saturated carbocycles. The van der Waals surface area contributed by atoms with Gasteiger partial charge in [-0.1, -0.05) is 18.2 Å². The summed E-state index contributed by atoms with van der Waals surface area (Å²) < 4.78 is 18.0. The van der Waals surface area contributed by atoms with Crippen LogP contribution in [0.2, 0.25) is 0 Å². The summed E-state index contributed by atoms with van der Waals surface area (Å²) >= 11 is 2.08. The zero-order chi connectivity index (χ0) is 22.6. The number of nitrogen functional groups attached to an aromatic ring is 1. The van der Waals surface area contributed by atoms with Crippen LogP contribution in [0.1, 0.15) is 24.4 Å². The van der Waals surface area contributed by atoms with E-state index < -0.39 is 11.9 Å². The van der Waals surface area contributed by atoms with Crippen molar-refractivity contribution < 1.29 is 4.39 Å². The lowest BCUT2D eigenvalue weighted by Crippen LogP contribution is -2.24. The van der Waals surface area contributed by atoms with E-state index in [1.54, 1.807) is 22.9 Å². The molecule has 0 radical (unpaired) electrons. The highest BCUT2D eigenvalue weighted by Gasteiger charge is 2.25. The van der Waals surface area contributed by atoms with E-state index in [4.69, 9.17) is 10.7 Å². The minimum absolute atomic E-state index is 0.277. The summed E-state index contributed by atoms with van der Waals surface area (Å²) in [5, 5.41) is 5.24. The van der Waals surface area contributed by atoms with Crippen molar-refractivity contribution in [1.82, 2.24) is 29.1 Å². The summed E-state index contributed by atoms with van der Waals surface area (Å²) in [6.07, 6.45) is 1.37. The molecule has 0 bridgehead atoms. The predicted octanol–water partition coefficient (Wildman–Crippen LogP) is 3.74. The quantitative estimate of drug-likeness (QED) is 0.349. The zero-order valence-corrected chi connectivity index (χ0v) is 19.3. The molecule has 0 amide bonds. The predicted molar refractivity (Wildman–Crippen MR) is 128 cm³/mol. The smallest absolute Gasteiger partial charge is 0.266 e. The van der Waals surface area contributed by atoms with E-state index in [1.165, 1.54) is 22.9 Å². The molecule has 0 saturated heterocycles. The van der Waals surface area contributed by atoms with E-state index in [1.807, 2.05) is 26.0 Å². The minimum Gasteiger partial charge on any atom is -0.383 e. The van der Waals surface area contributed by atoms with Crippen LogP contribution in [0.15, 0.2) is 53.6 Å². The van der Waals surface area contributed by atoms with Crippen molar-refractivity contribution in [1.29, 1.82) is 0 Å². The van der Waals surface area contributed by atoms with E-state index in [-0.39, 0.29) is 5.56 Å². The Bertz CT molecular complexity index is 1580. The lowest BCUT2D eigenvalue weighted by Gasteiger charge is -2.18. The van der Waals surface area contributed by atoms with Crippen molar-refractivity contribution >= 4 is 45.1 Å². The topological polar surface area (TPSA) is 104 Å². The Hall–Kier alpha value is -3.41. The molecule has 8 nitrogen and oxygen atoms in total. The normalized spacial score (nSPS) is 12.5. The number of halogens is 2. The van der Waals surface area contributed by atoms with Crippen molar-refractivity contribution in [3.63, 3.8) is 0 Å². The number of pyridine rings is 1. The van der Waals surface area contributed by atoms with Crippen LogP contribution in [0.3, 0.4) is 0 Å². The molecule has 1 unspecified atom stereocenters. The monoisotopic (exact) mass is 541 g/mol. The number of hydrogen-bond donors (Lipinski definition) is 1. The summed E-state index contributed by atoms with van der Waals surface area (Å²) in [4.78, 5) is 26.9. The molecule has 5 aromatic rings. The second kappa shape index (κ2) is 7.62. The molecule has 0 aliphatic rings. The number of aryl methyl sites for hydroxylation is 1. The Morgan fingerprint density at radius 3 is 2.72 bits per heavy atom. The number of aromatic nitrogens is 6. The van der Waals surface area contributed by atoms with Crippen molar-refractivity contribution in [2.45, 2.75) is 19.9 Å². The van der Waals surface area contributed by atoms with E-state index in [2.05, 4.69) is 37.7 Å². The number of anilines is 1. The molecule has 1 aromatic carbocycles. The van der Waals surface area contributed by atoms with Gasteiger partial charge in [0.25, 0.3) is 5.56 Å². The van der Waals surface area contributed by atoms with Crippen LogP contribution in [0, 0.1) is 16.4 Å². The lowest BCUT2D eigenvalue weighted by molar-refractivity contribution is 0.562. The second-order valence-corrected chi connectivity index (χ2v) is 8.44. The second-order valence-electron chi connectivity index (χ2n) is 7.42. The molecule has 32 heavy (non-hydrogen) atoms. The molecular formula is C22H17FIN7O. The van der Waals surface area contributed by atoms with Crippen LogP contribution in [-0.2, 0) is 0 Å². The molecule has 4 aromatic heterocycles. The number of hydrogen-bond acceptors (Lipinski definition) is 6. The number of benzene rings is 1. The van der Waals surface area contributed by atoms with Gasteiger partial charge in [-0.2, -0.15) is 5.10 Å². The number of nitrogens with two attached hydrogens (primary N) is 1. The Kier molecular flexibility index (Phi) is 4.88. The van der Waals surface area contributed by atoms with Crippen LogP contribution < -0.4 is 11.3 Å². The molecule has 2 N–H and O–H groups in total. The Morgan fingerprint density at radius 2 is 1.94 bits per heavy atom. The van der Waals surface area contributed by atoms with Gasteiger partial charge in [0.2, 0.25) is 0 Å². The van der Waals surface area contributed by atoms with Crippen molar-refractivity contribution in [2.75, 3.05) is 5.73 Å². The highest BCUT2D eigenvalue weighted by molar-refractivity contribution is 14.1. The molecule has 0 aliphatic heterocycles. The first-order chi connectivity index (χ1) is 15.4. The third kappa shape index (κ3) is 3.13. The number of nitrogens with zero attached hydrogens (tertiary/aromatic N) is 6. The minimum atomic E-state index is -0.494. The third-order valence-corrected chi connectivity index (χ3v) is 6.18. The standard InChI is InChI=1S/C22H17FIN7O/c1-11-5-3-8-15-28-18(16(22(32)30(11)15)13-6-4-7-14(23)9-13)12(2)31-21-17(19(24)29-31)20(25)26-10-27-21/h3-10,12H,1-2H3,(H2,25,26,27). The summed E-state index contributed by atoms with van der Waals surface area (Å²) in [6, 6.07) is 10.9. The van der Waals surface area contributed by atoms with Gasteiger partial charge in [-0.25, -0.2) is 24.0 Å². The largest absolute Gasteiger partial charge is 0.383 e. The maximum absolute atomic E-state index is 14.1. The van der Waals surface area contributed by atoms with Crippen molar-refractivity contribution in [2.24, 2.45) is 0 Å². The fourth-order valence-electron chi connectivity index (χ4n) is 3.91. The summed E-state index contributed by atoms with van der Waals surface area (Å²) in [7, 11) is 0. The first kappa shape index (κ1) is 20.5. The molecule has 1 atom stereocenters. The van der Waals surface area contributed by atoms with Crippen LogP contribution in [0.5, 0.6) is 0 Å². The number of rotatable bonds is 3. The van der Waals surface area contributed by atoms with Crippen LogP contribution in [0.25, 0.3) is 27.8 Å². The van der Waals surface area contributed by atoms with Gasteiger partial charge >= 0.3 is 0 Å². The third-order valence-electron chi connectivity index (χ3n) is 5.42. The highest BCUT2D eigenvalue weighted by Crippen LogP contribution is 2.31. The lowest BCUT2D eigenvalue weighted by atomic mass is 10.0. The van der Waals surface area contributed by atoms with Gasteiger partial charge in [-0.3, -0.25) is 9.20 Å². The van der Waals surface area contributed by atoms with Gasteiger partial charge in [0.1, 0.15) is 27.3 Å². The first-order valence-electron chi connectivity index (χ1n) is 9.79. The van der Waals surface area contributed by atoms with Crippen LogP contribution in [0.4, 0.5) is 10.2 Å². The fourth-order valence-corrected chi connectivity index (χ4v) is 4.66. The summed E-state index contributed by atoms with van der Waals surface area (Å²) in [5.41, 5.74) is 8.75. The van der Waals surface area contributed by atoms with Crippen LogP contribution >= 0.6 is 22.6 Å². The Morgan fingerprint density at radius 1 is 1.16 bits per heavy atom. The maximum atomic E-state index is 14.1. The summed E-state index contributed by atoms with van der Waals surface area (Å²) in [5.74, 6) is -0.111. The average Bonchev–Trinajstić information content (AvgIpc) is 3.10. The molecule has 4 heterocycles. The van der Waals surface area contributed by atoms with E-state index in [9.17, 15) is 9.18 Å². The van der Waals surface area contributed by atoms with Gasteiger partial charge in [-0.15, -0.1) is 0 Å². The highest BCUT2D eigenvalue weighted by atomic mass is 127. The Balaban J connectivity index is 1.86. The van der Waals surface area contributed by atoms with Crippen LogP contribution in [-0.4, -0.2) is 29.1 Å². The molecule has 0 aliphatic carbocycles. The molecular weight excluding hydrogens is 524 g/mol. The van der Waals surface area contributed by atoms with E-state index in [0.29, 0.717) is 43.0 Å². The van der Waals surface area contributed by atoms with Gasteiger partial charge in [0.15, 0.2) is 5.65 Å². The fraction of sp³-hybridized carbons (Fsp3) is 0.136. The van der Waals surface area contributed by atoms with E-state index in [0.717, 1.165) is 5.69 Å². The van der Waals surface area contributed by atoms with Gasteiger partial charge in [0.05, 0.1) is 22.7 Å². The molecule has 10 heteroatoms. The number of fused-ring (bicyclic) bond motifs is 2. The van der Waals surface area contributed by atoms with Crippen molar-refractivity contribution in [3.05, 3.63) is 80.1 Å². The molecule has 160 valence electrons. The van der Waals surface area contributed by atoms with E-state index >= 15 is 0 Å². The van der Waals surface area contributed by atoms with Crippen molar-refractivity contribution in [3.8, 4) is 11.1 Å². The first-order valence-corrected chi connectivity index (χ1v) is 10.9. The Labute approximate surface area is 195 Å². The molecule has 0 fully saturated rings. The zero-order valence-electron chi connectivity index (χ0n) is 17.1. The SMILES string of the molecule is Cc1cccc2nc(C(C)n3nc(I)c4c(N)ncnc43)c(-c3cccc(F)c3)c(=O)n12. The average molecular weight is 541 g/mol. The summed E-state index contributed by atoms with van der Waals surface area (Å²) in [6.45, 7) is 3.70. The van der Waals surface area contributed by atoms with Gasteiger partial charge in [0, 0.05) is 5.69 Å². The maximum Gasteiger partial charge on any atom is 0.266 e. The molecule has 5 rings (SSSR count). The van der Waals surface area contributed by atoms with Gasteiger partial charge < -0.3 is 5.73 Å². The molecule has 0 spiro atoms.